The fraction of sp³-hybridized carbons (Fsp3) is 0.560. The van der Waals surface area contributed by atoms with Gasteiger partial charge in [0.05, 0.1) is 32.5 Å². The first-order valence-electron chi connectivity index (χ1n) is 11.4. The van der Waals surface area contributed by atoms with E-state index in [1.807, 2.05) is 18.2 Å². The Morgan fingerprint density at radius 1 is 1.18 bits per heavy atom. The zero-order valence-electron chi connectivity index (χ0n) is 18.9. The minimum absolute atomic E-state index is 0.0747. The van der Waals surface area contributed by atoms with Gasteiger partial charge >= 0.3 is 5.97 Å². The van der Waals surface area contributed by atoms with Crippen LogP contribution in [0.2, 0.25) is 0 Å². The molecule has 0 bridgehead atoms. The van der Waals surface area contributed by atoms with E-state index in [0.717, 1.165) is 6.42 Å². The number of carbonyl (C=O) groups excluding carboxylic acids is 1. The lowest BCUT2D eigenvalue weighted by molar-refractivity contribution is -0.140. The monoisotopic (exact) mass is 464 g/mol. The van der Waals surface area contributed by atoms with Crippen molar-refractivity contribution in [3.05, 3.63) is 54.4 Å². The maximum Gasteiger partial charge on any atom is 0.305 e. The number of benzene rings is 1. The zero-order valence-corrected chi connectivity index (χ0v) is 18.9. The maximum absolute atomic E-state index is 13.1. The first kappa shape index (κ1) is 25.4. The van der Waals surface area contributed by atoms with Crippen molar-refractivity contribution in [1.82, 2.24) is 0 Å². The number of hydrogen-bond acceptors (Lipinski definition) is 7. The molecule has 1 aliphatic carbocycles. The van der Waals surface area contributed by atoms with Crippen molar-refractivity contribution in [3.8, 4) is 5.75 Å². The summed E-state index contributed by atoms with van der Waals surface area (Å²) in [6, 6.07) is 5.70. The molecule has 3 rings (SSSR count). The van der Waals surface area contributed by atoms with Crippen molar-refractivity contribution in [1.29, 1.82) is 0 Å². The number of methoxy groups -OCH3 is 1. The molecule has 182 valence electrons. The van der Waals surface area contributed by atoms with E-state index in [-0.39, 0.29) is 30.2 Å². The Bertz CT molecular complexity index is 801. The van der Waals surface area contributed by atoms with Gasteiger partial charge in [0.1, 0.15) is 18.2 Å². The number of aliphatic hydroxyl groups is 2. The summed E-state index contributed by atoms with van der Waals surface area (Å²) in [6.45, 7) is 0.890. The lowest BCUT2D eigenvalue weighted by atomic mass is 9.89. The third-order valence-electron chi connectivity index (χ3n) is 6.07. The molecule has 1 aliphatic heterocycles. The van der Waals surface area contributed by atoms with Crippen molar-refractivity contribution < 1.29 is 38.3 Å². The highest BCUT2D eigenvalue weighted by Crippen LogP contribution is 2.37. The van der Waals surface area contributed by atoms with Crippen LogP contribution in [0, 0.1) is 17.7 Å². The molecule has 7 nitrogen and oxygen atoms in total. The first-order chi connectivity index (χ1) is 15.9. The average Bonchev–Trinajstić information content (AvgIpc) is 3.38. The summed E-state index contributed by atoms with van der Waals surface area (Å²) in [5, 5.41) is 21.0. The number of ether oxygens (including phenoxy) is 4. The smallest absolute Gasteiger partial charge is 0.305 e. The van der Waals surface area contributed by atoms with Crippen LogP contribution in [-0.2, 0) is 19.0 Å². The summed E-state index contributed by atoms with van der Waals surface area (Å²) in [5.41, 5.74) is 0. The van der Waals surface area contributed by atoms with Gasteiger partial charge in [0, 0.05) is 18.8 Å². The lowest BCUT2D eigenvalue weighted by Crippen LogP contribution is -2.35. The van der Waals surface area contributed by atoms with Crippen LogP contribution < -0.4 is 4.74 Å². The number of halogens is 1. The van der Waals surface area contributed by atoms with Crippen LogP contribution in [0.5, 0.6) is 5.75 Å². The number of rotatable bonds is 11. The number of carbonyl (C=O) groups is 1. The number of aliphatic hydroxyl groups excluding tert-OH is 2. The molecule has 1 saturated carbocycles. The normalized spacial score (nSPS) is 26.9. The van der Waals surface area contributed by atoms with Crippen LogP contribution in [0.3, 0.4) is 0 Å². The Balaban J connectivity index is 1.58. The lowest BCUT2D eigenvalue weighted by Gasteiger charge is -2.26. The molecular formula is C25H33FO7. The Morgan fingerprint density at radius 3 is 2.61 bits per heavy atom. The second-order valence-corrected chi connectivity index (χ2v) is 8.40. The van der Waals surface area contributed by atoms with E-state index in [1.54, 1.807) is 6.08 Å². The first-order valence-corrected chi connectivity index (χ1v) is 11.4. The molecule has 1 saturated heterocycles. The minimum atomic E-state index is -1.10. The third-order valence-corrected chi connectivity index (χ3v) is 6.07. The van der Waals surface area contributed by atoms with E-state index in [2.05, 4.69) is 4.74 Å². The highest BCUT2D eigenvalue weighted by Gasteiger charge is 2.41. The second kappa shape index (κ2) is 12.3. The van der Waals surface area contributed by atoms with E-state index < -0.39 is 18.0 Å². The van der Waals surface area contributed by atoms with Gasteiger partial charge in [0.2, 0.25) is 5.79 Å². The topological polar surface area (TPSA) is 94.5 Å². The molecule has 33 heavy (non-hydrogen) atoms. The molecule has 8 heteroatoms. The van der Waals surface area contributed by atoms with Crippen molar-refractivity contribution in [2.45, 2.75) is 50.1 Å². The molecule has 0 unspecified atom stereocenters. The third kappa shape index (κ3) is 7.37. The molecule has 0 radical (unpaired) electrons. The molecular weight excluding hydrogens is 431 g/mol. The standard InChI is InChI=1S/C25H33FO7/c1-30-24(29)7-5-3-2-4-6-20-21(23(28)16-22(20)27)12-13-25(32-14-15-33-25)17-31-19-10-8-18(26)9-11-19/h2,4,8-13,20-23,27-28H,3,5-7,14-17H2,1H3/b4-2-,13-12+/t20-,21-,22+,23-/m1/s1. The van der Waals surface area contributed by atoms with Gasteiger partial charge in [-0.05, 0) is 55.5 Å². The highest BCUT2D eigenvalue weighted by atomic mass is 19.1. The van der Waals surface area contributed by atoms with Crippen LogP contribution in [-0.4, -0.2) is 61.1 Å². The van der Waals surface area contributed by atoms with Crippen LogP contribution >= 0.6 is 0 Å². The van der Waals surface area contributed by atoms with E-state index in [0.29, 0.717) is 44.6 Å². The van der Waals surface area contributed by atoms with Gasteiger partial charge in [0.25, 0.3) is 0 Å². The molecule has 4 atom stereocenters. The van der Waals surface area contributed by atoms with Gasteiger partial charge in [-0.3, -0.25) is 4.79 Å². The number of hydrogen-bond donors (Lipinski definition) is 2. The van der Waals surface area contributed by atoms with E-state index in [9.17, 15) is 19.4 Å². The number of unbranched alkanes of at least 4 members (excludes halogenated alkanes) is 1. The van der Waals surface area contributed by atoms with E-state index in [4.69, 9.17) is 14.2 Å². The summed E-state index contributed by atoms with van der Waals surface area (Å²) >= 11 is 0. The van der Waals surface area contributed by atoms with Crippen molar-refractivity contribution in [2.75, 3.05) is 26.9 Å². The molecule has 2 fully saturated rings. The molecule has 0 amide bonds. The predicted molar refractivity (Wildman–Crippen MR) is 119 cm³/mol. The highest BCUT2D eigenvalue weighted by molar-refractivity contribution is 5.69. The van der Waals surface area contributed by atoms with Gasteiger partial charge in [-0.2, -0.15) is 0 Å². The van der Waals surface area contributed by atoms with Crippen LogP contribution in [0.25, 0.3) is 0 Å². The molecule has 2 N–H and O–H groups in total. The minimum Gasteiger partial charge on any atom is -0.488 e. The van der Waals surface area contributed by atoms with Crippen LogP contribution in [0.1, 0.15) is 32.1 Å². The van der Waals surface area contributed by atoms with Crippen LogP contribution in [0.15, 0.2) is 48.6 Å². The van der Waals surface area contributed by atoms with Gasteiger partial charge in [-0.15, -0.1) is 0 Å². The predicted octanol–water partition coefficient (Wildman–Crippen LogP) is 3.15. The van der Waals surface area contributed by atoms with Crippen molar-refractivity contribution >= 4 is 5.97 Å². The molecule has 0 spiro atoms. The quantitative estimate of drug-likeness (QED) is 0.295. The fourth-order valence-corrected chi connectivity index (χ4v) is 4.21. The largest absolute Gasteiger partial charge is 0.488 e. The van der Waals surface area contributed by atoms with Gasteiger partial charge in [-0.25, -0.2) is 4.39 Å². The van der Waals surface area contributed by atoms with Gasteiger partial charge in [-0.1, -0.05) is 18.2 Å². The maximum atomic E-state index is 13.1. The zero-order chi connectivity index (χ0) is 23.7. The molecule has 1 heterocycles. The van der Waals surface area contributed by atoms with E-state index >= 15 is 0 Å². The molecule has 1 aromatic carbocycles. The molecule has 0 aromatic heterocycles. The van der Waals surface area contributed by atoms with Gasteiger partial charge < -0.3 is 29.2 Å². The Hall–Kier alpha value is -2.26. The van der Waals surface area contributed by atoms with E-state index in [1.165, 1.54) is 31.4 Å². The van der Waals surface area contributed by atoms with Crippen molar-refractivity contribution in [2.24, 2.45) is 11.8 Å². The molecule has 1 aromatic rings. The Kier molecular flexibility index (Phi) is 9.43. The Morgan fingerprint density at radius 2 is 1.91 bits per heavy atom. The van der Waals surface area contributed by atoms with Crippen molar-refractivity contribution in [3.63, 3.8) is 0 Å². The SMILES string of the molecule is COC(=O)CCC/C=C\C[C@@H]1[C@@H](/C=C/C2(COc3ccc(F)cc3)OCCO2)[C@H](O)C[C@@H]1O. The Labute approximate surface area is 193 Å². The number of allylic oxidation sites excluding steroid dienone is 2. The second-order valence-electron chi connectivity index (χ2n) is 8.40. The summed E-state index contributed by atoms with van der Waals surface area (Å²) in [6.07, 6.45) is 9.00. The summed E-state index contributed by atoms with van der Waals surface area (Å²) in [4.78, 5) is 11.2. The number of esters is 1. The summed E-state index contributed by atoms with van der Waals surface area (Å²) in [7, 11) is 1.37. The fourth-order valence-electron chi connectivity index (χ4n) is 4.21. The molecule has 2 aliphatic rings. The van der Waals surface area contributed by atoms with Gasteiger partial charge in [0.15, 0.2) is 0 Å². The summed E-state index contributed by atoms with van der Waals surface area (Å²) in [5.74, 6) is -1.59. The van der Waals surface area contributed by atoms with Crippen LogP contribution in [0.4, 0.5) is 4.39 Å². The summed E-state index contributed by atoms with van der Waals surface area (Å²) < 4.78 is 35.1. The average molecular weight is 465 g/mol.